The normalized spacial score (nSPS) is 17.8. The van der Waals surface area contributed by atoms with Gasteiger partial charge in [0.1, 0.15) is 5.75 Å². The lowest BCUT2D eigenvalue weighted by molar-refractivity contribution is 0.155. The van der Waals surface area contributed by atoms with Crippen LogP contribution in [0.5, 0.6) is 5.75 Å². The van der Waals surface area contributed by atoms with Crippen LogP contribution in [-0.4, -0.2) is 15.2 Å². The number of ether oxygens (including phenoxy) is 1. The van der Waals surface area contributed by atoms with Gasteiger partial charge in [-0.25, -0.2) is 0 Å². The summed E-state index contributed by atoms with van der Waals surface area (Å²) >= 11 is 0. The van der Waals surface area contributed by atoms with Crippen molar-refractivity contribution in [3.8, 4) is 5.75 Å². The summed E-state index contributed by atoms with van der Waals surface area (Å²) in [6, 6.07) is 5.81. The average molecular weight is 274 g/mol. The van der Waals surface area contributed by atoms with Crippen molar-refractivity contribution >= 4 is 0 Å². The molecule has 0 fully saturated rings. The molecule has 3 rings (SSSR count). The molecule has 0 aliphatic heterocycles. The van der Waals surface area contributed by atoms with Gasteiger partial charge in [-0.2, -0.15) is 4.98 Å². The van der Waals surface area contributed by atoms with Gasteiger partial charge in [0.15, 0.2) is 6.61 Å². The Labute approximate surface area is 117 Å². The fourth-order valence-electron chi connectivity index (χ4n) is 2.56. The van der Waals surface area contributed by atoms with Gasteiger partial charge in [-0.05, 0) is 36.5 Å². The second kappa shape index (κ2) is 5.63. The zero-order valence-electron chi connectivity index (χ0n) is 11.5. The standard InChI is InChI=1S/C15H18N2O3/c1-2-15-16-14(17-20-15)9-19-13-8-4-5-10-11(13)6-3-7-12(10)18/h4-5,8,12,18H,2-3,6-7,9H2,1H3. The Morgan fingerprint density at radius 1 is 1.45 bits per heavy atom. The highest BCUT2D eigenvalue weighted by Gasteiger charge is 2.21. The minimum atomic E-state index is -0.376. The molecule has 0 radical (unpaired) electrons. The van der Waals surface area contributed by atoms with E-state index < -0.39 is 0 Å². The predicted octanol–water partition coefficient (Wildman–Crippen LogP) is 2.58. The number of aryl methyl sites for hydroxylation is 1. The van der Waals surface area contributed by atoms with E-state index in [1.54, 1.807) is 0 Å². The first-order valence-corrected chi connectivity index (χ1v) is 7.02. The third kappa shape index (κ3) is 2.54. The smallest absolute Gasteiger partial charge is 0.226 e. The summed E-state index contributed by atoms with van der Waals surface area (Å²) in [6.45, 7) is 2.25. The van der Waals surface area contributed by atoms with Gasteiger partial charge in [0.2, 0.25) is 11.7 Å². The minimum absolute atomic E-state index is 0.288. The van der Waals surface area contributed by atoms with Gasteiger partial charge in [-0.1, -0.05) is 24.2 Å². The zero-order valence-corrected chi connectivity index (χ0v) is 11.5. The first kappa shape index (κ1) is 13.1. The lowest BCUT2D eigenvalue weighted by Gasteiger charge is -2.23. The first-order chi connectivity index (χ1) is 9.78. The lowest BCUT2D eigenvalue weighted by Crippen LogP contribution is -2.11. The maximum absolute atomic E-state index is 10.0. The number of aromatic nitrogens is 2. The Morgan fingerprint density at radius 2 is 2.35 bits per heavy atom. The van der Waals surface area contributed by atoms with Crippen LogP contribution >= 0.6 is 0 Å². The van der Waals surface area contributed by atoms with E-state index in [1.165, 1.54) is 0 Å². The van der Waals surface area contributed by atoms with E-state index in [0.29, 0.717) is 11.7 Å². The van der Waals surface area contributed by atoms with Crippen molar-refractivity contribution in [3.63, 3.8) is 0 Å². The molecule has 0 saturated carbocycles. The summed E-state index contributed by atoms with van der Waals surface area (Å²) in [6.07, 6.45) is 3.09. The van der Waals surface area contributed by atoms with Gasteiger partial charge in [-0.15, -0.1) is 0 Å². The molecule has 1 N–H and O–H groups in total. The molecule has 1 atom stereocenters. The van der Waals surface area contributed by atoms with Crippen LogP contribution in [0.4, 0.5) is 0 Å². The third-order valence-corrected chi connectivity index (χ3v) is 3.60. The third-order valence-electron chi connectivity index (χ3n) is 3.60. The summed E-state index contributed by atoms with van der Waals surface area (Å²) in [7, 11) is 0. The van der Waals surface area contributed by atoms with Crippen molar-refractivity contribution in [2.45, 2.75) is 45.3 Å². The van der Waals surface area contributed by atoms with Crippen molar-refractivity contribution in [1.29, 1.82) is 0 Å². The molecule has 0 amide bonds. The fourth-order valence-corrected chi connectivity index (χ4v) is 2.56. The number of nitrogens with zero attached hydrogens (tertiary/aromatic N) is 2. The van der Waals surface area contributed by atoms with Crippen LogP contribution in [0.2, 0.25) is 0 Å². The van der Waals surface area contributed by atoms with Crippen molar-refractivity contribution in [1.82, 2.24) is 10.1 Å². The highest BCUT2D eigenvalue weighted by atomic mass is 16.5. The first-order valence-electron chi connectivity index (χ1n) is 7.02. The second-order valence-corrected chi connectivity index (χ2v) is 4.98. The SMILES string of the molecule is CCc1nc(COc2cccc3c2CCCC3O)no1. The molecule has 106 valence electrons. The number of aliphatic hydroxyl groups is 1. The summed E-state index contributed by atoms with van der Waals surface area (Å²) in [5.41, 5.74) is 2.08. The molecule has 1 aliphatic rings. The average Bonchev–Trinajstić information content (AvgIpc) is 2.94. The predicted molar refractivity (Wildman–Crippen MR) is 72.3 cm³/mol. The van der Waals surface area contributed by atoms with E-state index in [-0.39, 0.29) is 12.7 Å². The molecule has 0 spiro atoms. The molecule has 1 aliphatic carbocycles. The number of hydrogen-bond donors (Lipinski definition) is 1. The van der Waals surface area contributed by atoms with Gasteiger partial charge >= 0.3 is 0 Å². The van der Waals surface area contributed by atoms with Crippen LogP contribution in [0.1, 0.15) is 48.7 Å². The summed E-state index contributed by atoms with van der Waals surface area (Å²) in [5, 5.41) is 13.9. The molecule has 1 aromatic carbocycles. The van der Waals surface area contributed by atoms with Crippen LogP contribution < -0.4 is 4.74 Å². The van der Waals surface area contributed by atoms with E-state index in [9.17, 15) is 5.11 Å². The minimum Gasteiger partial charge on any atom is -0.485 e. The number of hydrogen-bond acceptors (Lipinski definition) is 5. The molecule has 2 aromatic rings. The Bertz CT molecular complexity index is 595. The summed E-state index contributed by atoms with van der Waals surface area (Å²) in [4.78, 5) is 4.22. The second-order valence-electron chi connectivity index (χ2n) is 4.98. The molecule has 0 bridgehead atoms. The molecule has 1 heterocycles. The van der Waals surface area contributed by atoms with E-state index in [4.69, 9.17) is 9.26 Å². The van der Waals surface area contributed by atoms with Gasteiger partial charge < -0.3 is 14.4 Å². The molecule has 0 saturated heterocycles. The van der Waals surface area contributed by atoms with Crippen LogP contribution in [-0.2, 0) is 19.4 Å². The van der Waals surface area contributed by atoms with E-state index in [1.807, 2.05) is 25.1 Å². The van der Waals surface area contributed by atoms with Gasteiger partial charge in [0.05, 0.1) is 6.10 Å². The monoisotopic (exact) mass is 274 g/mol. The molecule has 5 heteroatoms. The molecular weight excluding hydrogens is 256 g/mol. The topological polar surface area (TPSA) is 68.4 Å². The van der Waals surface area contributed by atoms with Crippen LogP contribution in [0.3, 0.4) is 0 Å². The highest BCUT2D eigenvalue weighted by Crippen LogP contribution is 2.35. The number of aliphatic hydroxyl groups excluding tert-OH is 1. The van der Waals surface area contributed by atoms with Crippen LogP contribution in [0.15, 0.2) is 22.7 Å². The van der Waals surface area contributed by atoms with Crippen molar-refractivity contribution in [3.05, 3.63) is 41.0 Å². The van der Waals surface area contributed by atoms with E-state index in [2.05, 4.69) is 10.1 Å². The highest BCUT2D eigenvalue weighted by molar-refractivity contribution is 5.42. The lowest BCUT2D eigenvalue weighted by atomic mass is 9.89. The maximum Gasteiger partial charge on any atom is 0.226 e. The summed E-state index contributed by atoms with van der Waals surface area (Å²) in [5.74, 6) is 1.98. The van der Waals surface area contributed by atoms with Crippen molar-refractivity contribution < 1.29 is 14.4 Å². The maximum atomic E-state index is 10.0. The van der Waals surface area contributed by atoms with E-state index in [0.717, 1.165) is 42.6 Å². The Morgan fingerprint density at radius 3 is 3.15 bits per heavy atom. The molecule has 20 heavy (non-hydrogen) atoms. The largest absolute Gasteiger partial charge is 0.485 e. The number of benzene rings is 1. The van der Waals surface area contributed by atoms with Crippen LogP contribution in [0.25, 0.3) is 0 Å². The molecule has 5 nitrogen and oxygen atoms in total. The summed E-state index contributed by atoms with van der Waals surface area (Å²) < 4.78 is 10.9. The van der Waals surface area contributed by atoms with Crippen LogP contribution in [0, 0.1) is 0 Å². The Hall–Kier alpha value is -1.88. The van der Waals surface area contributed by atoms with E-state index >= 15 is 0 Å². The molecular formula is C15H18N2O3. The van der Waals surface area contributed by atoms with Gasteiger partial charge in [0.25, 0.3) is 0 Å². The van der Waals surface area contributed by atoms with Gasteiger partial charge in [-0.3, -0.25) is 0 Å². The van der Waals surface area contributed by atoms with Crippen molar-refractivity contribution in [2.75, 3.05) is 0 Å². The molecule has 1 unspecified atom stereocenters. The van der Waals surface area contributed by atoms with Crippen molar-refractivity contribution in [2.24, 2.45) is 0 Å². The molecule has 1 aromatic heterocycles. The quantitative estimate of drug-likeness (QED) is 0.928. The zero-order chi connectivity index (χ0) is 13.9. The number of rotatable bonds is 4. The van der Waals surface area contributed by atoms with Gasteiger partial charge in [0, 0.05) is 6.42 Å². The Kier molecular flexibility index (Phi) is 3.69. The number of fused-ring (bicyclic) bond motifs is 1. The Balaban J connectivity index is 1.76. The fraction of sp³-hybridized carbons (Fsp3) is 0.467.